The summed E-state index contributed by atoms with van der Waals surface area (Å²) in [6, 6.07) is 8.44. The molecule has 1 aliphatic heterocycles. The predicted octanol–water partition coefficient (Wildman–Crippen LogP) is 4.66. The second-order valence-corrected chi connectivity index (χ2v) is 10.1. The third-order valence-electron chi connectivity index (χ3n) is 4.89. The van der Waals surface area contributed by atoms with Crippen molar-refractivity contribution in [3.63, 3.8) is 0 Å². The summed E-state index contributed by atoms with van der Waals surface area (Å²) in [7, 11) is -4.05. The lowest BCUT2D eigenvalue weighted by Gasteiger charge is -2.30. The Morgan fingerprint density at radius 2 is 1.72 bits per heavy atom. The molecule has 0 aromatic heterocycles. The molecule has 2 aromatic rings. The van der Waals surface area contributed by atoms with E-state index in [0.717, 1.165) is 16.4 Å². The van der Waals surface area contributed by atoms with E-state index in [2.05, 4.69) is 5.32 Å². The maximum atomic E-state index is 13.4. The van der Waals surface area contributed by atoms with Crippen LogP contribution < -0.4 is 5.32 Å². The molecule has 1 N–H and O–H groups in total. The van der Waals surface area contributed by atoms with E-state index in [9.17, 15) is 35.2 Å². The van der Waals surface area contributed by atoms with Crippen LogP contribution in [0.25, 0.3) is 0 Å². The zero-order chi connectivity index (χ0) is 23.5. The van der Waals surface area contributed by atoms with Crippen LogP contribution in [0.3, 0.4) is 0 Å². The standard InChI is InChI=1S/C20H19F5N2O3S2/c21-15-6-5-14(11-16(15)22)32(29,30)27-9-7-13(8-10-27)19(28)26-17-3-1-2-4-18(17)31-12-20(23,24)25/h1-6,11,13H,7-10,12H2,(H,26,28). The molecule has 32 heavy (non-hydrogen) atoms. The van der Waals surface area contributed by atoms with Gasteiger partial charge in [0, 0.05) is 23.9 Å². The number of rotatable bonds is 6. The number of benzene rings is 2. The van der Waals surface area contributed by atoms with E-state index in [0.29, 0.717) is 17.8 Å². The number of nitrogens with one attached hydrogen (secondary N) is 1. The van der Waals surface area contributed by atoms with E-state index >= 15 is 0 Å². The molecule has 3 rings (SSSR count). The number of hydrogen-bond donors (Lipinski definition) is 1. The minimum atomic E-state index is -4.35. The molecule has 0 saturated carbocycles. The molecule has 5 nitrogen and oxygen atoms in total. The minimum absolute atomic E-state index is 0.0100. The summed E-state index contributed by atoms with van der Waals surface area (Å²) in [4.78, 5) is 12.5. The number of thioether (sulfide) groups is 1. The van der Waals surface area contributed by atoms with E-state index in [4.69, 9.17) is 0 Å². The number of para-hydroxylation sites is 1. The summed E-state index contributed by atoms with van der Waals surface area (Å²) in [6.07, 6.45) is -4.01. The molecule has 1 saturated heterocycles. The van der Waals surface area contributed by atoms with Crippen molar-refractivity contribution in [1.82, 2.24) is 4.31 Å². The average molecular weight is 495 g/mol. The lowest BCUT2D eigenvalue weighted by molar-refractivity contribution is -0.121. The Morgan fingerprint density at radius 3 is 2.34 bits per heavy atom. The first-order chi connectivity index (χ1) is 15.0. The molecule has 0 radical (unpaired) electrons. The number of carbonyl (C=O) groups excluding carboxylic acids is 1. The van der Waals surface area contributed by atoms with Crippen molar-refractivity contribution >= 4 is 33.4 Å². The Bertz CT molecular complexity index is 1080. The first-order valence-corrected chi connectivity index (χ1v) is 11.9. The van der Waals surface area contributed by atoms with Crippen molar-refractivity contribution in [1.29, 1.82) is 0 Å². The van der Waals surface area contributed by atoms with Gasteiger partial charge in [-0.1, -0.05) is 12.1 Å². The largest absolute Gasteiger partial charge is 0.398 e. The van der Waals surface area contributed by atoms with Crippen LogP contribution in [0.15, 0.2) is 52.3 Å². The highest BCUT2D eigenvalue weighted by molar-refractivity contribution is 7.99. The van der Waals surface area contributed by atoms with Gasteiger partial charge < -0.3 is 5.32 Å². The van der Waals surface area contributed by atoms with Gasteiger partial charge in [0.05, 0.1) is 16.3 Å². The second kappa shape index (κ2) is 9.75. The van der Waals surface area contributed by atoms with Crippen molar-refractivity contribution in [3.05, 3.63) is 54.1 Å². The molecule has 2 aromatic carbocycles. The molecule has 174 valence electrons. The fourth-order valence-electron chi connectivity index (χ4n) is 3.23. The van der Waals surface area contributed by atoms with Crippen molar-refractivity contribution in [2.45, 2.75) is 28.8 Å². The van der Waals surface area contributed by atoms with Crippen LogP contribution in [0, 0.1) is 17.6 Å². The maximum absolute atomic E-state index is 13.4. The van der Waals surface area contributed by atoms with Gasteiger partial charge in [0.15, 0.2) is 11.6 Å². The number of anilines is 1. The number of amides is 1. The molecule has 0 unspecified atom stereocenters. The molecule has 1 fully saturated rings. The molecule has 12 heteroatoms. The summed E-state index contributed by atoms with van der Waals surface area (Å²) in [5.41, 5.74) is 0.253. The van der Waals surface area contributed by atoms with Crippen molar-refractivity contribution < 1.29 is 35.2 Å². The maximum Gasteiger partial charge on any atom is 0.398 e. The van der Waals surface area contributed by atoms with Gasteiger partial charge in [-0.3, -0.25) is 4.79 Å². The number of halogens is 5. The van der Waals surface area contributed by atoms with E-state index < -0.39 is 45.4 Å². The second-order valence-electron chi connectivity index (χ2n) is 7.14. The van der Waals surface area contributed by atoms with Crippen LogP contribution in [-0.4, -0.2) is 43.6 Å². The first-order valence-electron chi connectivity index (χ1n) is 9.52. The van der Waals surface area contributed by atoms with Gasteiger partial charge in [-0.2, -0.15) is 17.5 Å². The number of alkyl halides is 3. The van der Waals surface area contributed by atoms with Crippen LogP contribution in [0.1, 0.15) is 12.8 Å². The first kappa shape index (κ1) is 24.5. The number of piperidine rings is 1. The lowest BCUT2D eigenvalue weighted by atomic mass is 9.97. The third-order valence-corrected chi connectivity index (χ3v) is 7.92. The molecule has 0 aliphatic carbocycles. The van der Waals surface area contributed by atoms with Crippen LogP contribution in [0.2, 0.25) is 0 Å². The Morgan fingerprint density at radius 1 is 1.06 bits per heavy atom. The summed E-state index contributed by atoms with van der Waals surface area (Å²) in [5, 5.41) is 2.63. The molecule has 1 amide bonds. The fourth-order valence-corrected chi connectivity index (χ4v) is 5.49. The predicted molar refractivity (Wildman–Crippen MR) is 110 cm³/mol. The Labute approximate surface area is 186 Å². The zero-order valence-electron chi connectivity index (χ0n) is 16.5. The van der Waals surface area contributed by atoms with Crippen molar-refractivity contribution in [3.8, 4) is 0 Å². The quantitative estimate of drug-likeness (QED) is 0.469. The van der Waals surface area contributed by atoms with Gasteiger partial charge in [0.1, 0.15) is 0 Å². The van der Waals surface area contributed by atoms with Gasteiger partial charge in [0.25, 0.3) is 0 Å². The molecular formula is C20H19F5N2O3S2. The van der Waals surface area contributed by atoms with Crippen molar-refractivity contribution in [2.75, 3.05) is 24.2 Å². The normalized spacial score (nSPS) is 16.2. The summed E-state index contributed by atoms with van der Waals surface area (Å²) < 4.78 is 90.5. The smallest absolute Gasteiger partial charge is 0.325 e. The molecule has 0 spiro atoms. The van der Waals surface area contributed by atoms with E-state index in [1.807, 2.05) is 0 Å². The van der Waals surface area contributed by atoms with E-state index in [1.54, 1.807) is 12.1 Å². The Hall–Kier alpha value is -2.18. The van der Waals surface area contributed by atoms with Crippen molar-refractivity contribution in [2.24, 2.45) is 5.92 Å². The molecular weight excluding hydrogens is 475 g/mol. The molecule has 0 atom stereocenters. The SMILES string of the molecule is O=C(Nc1ccccc1SCC(F)(F)F)C1CCN(S(=O)(=O)c2ccc(F)c(F)c2)CC1. The summed E-state index contributed by atoms with van der Waals surface area (Å²) in [6.45, 7) is -0.0201. The molecule has 0 bridgehead atoms. The fraction of sp³-hybridized carbons (Fsp3) is 0.350. The van der Waals surface area contributed by atoms with E-state index in [-0.39, 0.29) is 41.4 Å². The third kappa shape index (κ3) is 5.99. The molecule has 1 aliphatic rings. The van der Waals surface area contributed by atoms with E-state index in [1.165, 1.54) is 12.1 Å². The summed E-state index contributed by atoms with van der Waals surface area (Å²) in [5.74, 6) is -4.50. The highest BCUT2D eigenvalue weighted by Crippen LogP contribution is 2.33. The highest BCUT2D eigenvalue weighted by atomic mass is 32.2. The number of nitrogens with zero attached hydrogens (tertiary/aromatic N) is 1. The van der Waals surface area contributed by atoms with Gasteiger partial charge in [-0.05, 0) is 43.2 Å². The van der Waals surface area contributed by atoms with Crippen LogP contribution in [-0.2, 0) is 14.8 Å². The molecule has 1 heterocycles. The monoisotopic (exact) mass is 494 g/mol. The topological polar surface area (TPSA) is 66.5 Å². The number of sulfonamides is 1. The van der Waals surface area contributed by atoms with Crippen LogP contribution >= 0.6 is 11.8 Å². The average Bonchev–Trinajstić information content (AvgIpc) is 2.74. The highest BCUT2D eigenvalue weighted by Gasteiger charge is 2.33. The van der Waals surface area contributed by atoms with Crippen LogP contribution in [0.4, 0.5) is 27.6 Å². The minimum Gasteiger partial charge on any atom is -0.325 e. The van der Waals surface area contributed by atoms with Gasteiger partial charge >= 0.3 is 6.18 Å². The van der Waals surface area contributed by atoms with Gasteiger partial charge in [0.2, 0.25) is 15.9 Å². The Kier molecular flexibility index (Phi) is 7.46. The van der Waals surface area contributed by atoms with Gasteiger partial charge in [-0.15, -0.1) is 11.8 Å². The number of carbonyl (C=O) groups is 1. The number of hydrogen-bond acceptors (Lipinski definition) is 4. The van der Waals surface area contributed by atoms with Gasteiger partial charge in [-0.25, -0.2) is 17.2 Å². The summed E-state index contributed by atoms with van der Waals surface area (Å²) >= 11 is 0.562. The van der Waals surface area contributed by atoms with Crippen LogP contribution in [0.5, 0.6) is 0 Å². The Balaban J connectivity index is 1.62. The zero-order valence-corrected chi connectivity index (χ0v) is 18.2. The lowest BCUT2D eigenvalue weighted by Crippen LogP contribution is -2.41.